The van der Waals surface area contributed by atoms with E-state index in [1.165, 1.54) is 4.90 Å². The van der Waals surface area contributed by atoms with Crippen LogP contribution >= 0.6 is 27.5 Å². The van der Waals surface area contributed by atoms with Gasteiger partial charge in [-0.05, 0) is 6.07 Å². The van der Waals surface area contributed by atoms with Gasteiger partial charge in [0.1, 0.15) is 11.6 Å². The highest BCUT2D eigenvalue weighted by Crippen LogP contribution is 2.30. The Morgan fingerprint density at radius 3 is 2.62 bits per heavy atom. The fraction of sp³-hybridized carbons (Fsp3) is 0.300. The van der Waals surface area contributed by atoms with Crippen molar-refractivity contribution in [2.75, 3.05) is 11.4 Å². The molecule has 6 heteroatoms. The lowest BCUT2D eigenvalue weighted by atomic mass is 10.2. The number of anilines is 1. The van der Waals surface area contributed by atoms with Crippen molar-refractivity contribution in [3.63, 3.8) is 0 Å². The maximum absolute atomic E-state index is 13.5. The van der Waals surface area contributed by atoms with Crippen molar-refractivity contribution in [3.8, 4) is 0 Å². The molecular weight excluding hydrogens is 303 g/mol. The number of halogens is 4. The van der Waals surface area contributed by atoms with Crippen molar-refractivity contribution in [1.82, 2.24) is 0 Å². The molecular formula is C10H7BrClF2NO. The fourth-order valence-electron chi connectivity index (χ4n) is 1.62. The van der Waals surface area contributed by atoms with Crippen LogP contribution in [0.25, 0.3) is 0 Å². The normalized spacial score (nSPS) is 20.6. The number of benzene rings is 1. The van der Waals surface area contributed by atoms with Gasteiger partial charge in [-0.15, -0.1) is 0 Å². The molecule has 2 rings (SSSR count). The Balaban J connectivity index is 2.41. The van der Waals surface area contributed by atoms with Crippen LogP contribution in [-0.4, -0.2) is 17.3 Å². The summed E-state index contributed by atoms with van der Waals surface area (Å²) in [6, 6.07) is 1.82. The van der Waals surface area contributed by atoms with Crippen molar-refractivity contribution in [3.05, 3.63) is 28.8 Å². The molecule has 1 heterocycles. The maximum atomic E-state index is 13.5. The molecule has 1 aliphatic rings. The topological polar surface area (TPSA) is 20.3 Å². The number of nitrogens with zero attached hydrogens (tertiary/aromatic N) is 1. The first-order valence-corrected chi connectivity index (χ1v) is 5.87. The molecule has 1 saturated heterocycles. The van der Waals surface area contributed by atoms with Gasteiger partial charge in [-0.2, -0.15) is 0 Å². The summed E-state index contributed by atoms with van der Waals surface area (Å²) in [5.74, 6) is -1.81. The van der Waals surface area contributed by atoms with E-state index in [-0.39, 0.29) is 21.4 Å². The van der Waals surface area contributed by atoms with Crippen LogP contribution in [0.2, 0.25) is 5.02 Å². The number of alkyl halides is 1. The lowest BCUT2D eigenvalue weighted by Crippen LogP contribution is -2.25. The Morgan fingerprint density at radius 1 is 1.38 bits per heavy atom. The van der Waals surface area contributed by atoms with Crippen molar-refractivity contribution in [2.24, 2.45) is 0 Å². The molecule has 0 aromatic heterocycles. The summed E-state index contributed by atoms with van der Waals surface area (Å²) in [4.78, 5) is 12.8. The first-order valence-electron chi connectivity index (χ1n) is 4.58. The second-order valence-corrected chi connectivity index (χ2v) is 5.23. The minimum absolute atomic E-state index is 0.0109. The molecule has 86 valence electrons. The lowest BCUT2D eigenvalue weighted by molar-refractivity contribution is -0.117. The van der Waals surface area contributed by atoms with Gasteiger partial charge in [-0.3, -0.25) is 4.79 Å². The predicted octanol–water partition coefficient (Wildman–Crippen LogP) is 3.12. The SMILES string of the molecule is O=C1CC(Br)CN1c1cc(Cl)c(F)cc1F. The van der Waals surface area contributed by atoms with Gasteiger partial charge in [0.2, 0.25) is 5.91 Å². The van der Waals surface area contributed by atoms with E-state index >= 15 is 0 Å². The first kappa shape index (κ1) is 11.8. The molecule has 0 saturated carbocycles. The van der Waals surface area contributed by atoms with E-state index in [0.717, 1.165) is 6.07 Å². The second-order valence-electron chi connectivity index (χ2n) is 3.52. The smallest absolute Gasteiger partial charge is 0.228 e. The number of rotatable bonds is 1. The Morgan fingerprint density at radius 2 is 2.06 bits per heavy atom. The van der Waals surface area contributed by atoms with Crippen LogP contribution in [0.1, 0.15) is 6.42 Å². The van der Waals surface area contributed by atoms with E-state index in [4.69, 9.17) is 11.6 Å². The van der Waals surface area contributed by atoms with Crippen molar-refractivity contribution in [2.45, 2.75) is 11.2 Å². The molecule has 0 radical (unpaired) electrons. The van der Waals surface area contributed by atoms with Crippen LogP contribution in [-0.2, 0) is 4.79 Å². The lowest BCUT2D eigenvalue weighted by Gasteiger charge is -2.17. The van der Waals surface area contributed by atoms with E-state index in [2.05, 4.69) is 15.9 Å². The Bertz CT molecular complexity index is 455. The maximum Gasteiger partial charge on any atom is 0.228 e. The van der Waals surface area contributed by atoms with E-state index in [9.17, 15) is 13.6 Å². The fourth-order valence-corrected chi connectivity index (χ4v) is 2.34. The van der Waals surface area contributed by atoms with Crippen LogP contribution in [0.5, 0.6) is 0 Å². The number of carbonyl (C=O) groups is 1. The highest BCUT2D eigenvalue weighted by Gasteiger charge is 2.30. The highest BCUT2D eigenvalue weighted by molar-refractivity contribution is 9.09. The average Bonchev–Trinajstić information content (AvgIpc) is 2.51. The molecule has 1 atom stereocenters. The Labute approximate surface area is 104 Å². The van der Waals surface area contributed by atoms with Gasteiger partial charge in [-0.25, -0.2) is 8.78 Å². The molecule has 1 aromatic rings. The third kappa shape index (κ3) is 2.06. The largest absolute Gasteiger partial charge is 0.308 e. The van der Waals surface area contributed by atoms with Crippen LogP contribution < -0.4 is 4.90 Å². The number of carbonyl (C=O) groups excluding carboxylic acids is 1. The molecule has 0 bridgehead atoms. The molecule has 1 amide bonds. The van der Waals surface area contributed by atoms with Gasteiger partial charge in [0.15, 0.2) is 0 Å². The molecule has 1 aromatic carbocycles. The monoisotopic (exact) mass is 309 g/mol. The average molecular weight is 311 g/mol. The number of hydrogen-bond acceptors (Lipinski definition) is 1. The predicted molar refractivity (Wildman–Crippen MR) is 61.1 cm³/mol. The summed E-state index contributed by atoms with van der Waals surface area (Å²) in [7, 11) is 0. The number of amides is 1. The summed E-state index contributed by atoms with van der Waals surface area (Å²) in [5.41, 5.74) is 0.0263. The van der Waals surface area contributed by atoms with Gasteiger partial charge in [0.25, 0.3) is 0 Å². The molecule has 1 fully saturated rings. The number of hydrogen-bond donors (Lipinski definition) is 0. The minimum atomic E-state index is -0.829. The molecule has 0 aliphatic carbocycles. The third-order valence-electron chi connectivity index (χ3n) is 2.36. The van der Waals surface area contributed by atoms with Crippen LogP contribution in [0.15, 0.2) is 12.1 Å². The summed E-state index contributed by atoms with van der Waals surface area (Å²) in [5, 5.41) is -0.192. The summed E-state index contributed by atoms with van der Waals surface area (Å²) >= 11 is 8.84. The van der Waals surface area contributed by atoms with Gasteiger partial charge in [-0.1, -0.05) is 27.5 Å². The van der Waals surface area contributed by atoms with E-state index in [0.29, 0.717) is 19.0 Å². The van der Waals surface area contributed by atoms with Crippen LogP contribution in [0.4, 0.5) is 14.5 Å². The third-order valence-corrected chi connectivity index (χ3v) is 3.26. The molecule has 0 N–H and O–H groups in total. The second kappa shape index (κ2) is 4.30. The molecule has 1 unspecified atom stereocenters. The van der Waals surface area contributed by atoms with Crippen LogP contribution in [0.3, 0.4) is 0 Å². The molecule has 2 nitrogen and oxygen atoms in total. The van der Waals surface area contributed by atoms with E-state index in [1.54, 1.807) is 0 Å². The van der Waals surface area contributed by atoms with Crippen molar-refractivity contribution >= 4 is 39.1 Å². The Hall–Kier alpha value is -0.680. The van der Waals surface area contributed by atoms with Crippen molar-refractivity contribution < 1.29 is 13.6 Å². The zero-order chi connectivity index (χ0) is 11.9. The zero-order valence-electron chi connectivity index (χ0n) is 8.01. The molecule has 1 aliphatic heterocycles. The minimum Gasteiger partial charge on any atom is -0.308 e. The quantitative estimate of drug-likeness (QED) is 0.576. The molecule has 16 heavy (non-hydrogen) atoms. The summed E-state index contributed by atoms with van der Waals surface area (Å²) in [6.45, 7) is 0.359. The van der Waals surface area contributed by atoms with E-state index < -0.39 is 11.6 Å². The summed E-state index contributed by atoms with van der Waals surface area (Å²) < 4.78 is 26.4. The van der Waals surface area contributed by atoms with Gasteiger partial charge >= 0.3 is 0 Å². The summed E-state index contributed by atoms with van der Waals surface area (Å²) in [6.07, 6.45) is 0.300. The van der Waals surface area contributed by atoms with Gasteiger partial charge in [0, 0.05) is 23.9 Å². The molecule has 0 spiro atoms. The van der Waals surface area contributed by atoms with Crippen LogP contribution in [0, 0.1) is 11.6 Å². The standard InChI is InChI=1S/C10H7BrClF2NO/c11-5-1-10(16)15(4-5)9-2-6(12)7(13)3-8(9)14/h2-3,5H,1,4H2. The highest BCUT2D eigenvalue weighted by atomic mass is 79.9. The zero-order valence-corrected chi connectivity index (χ0v) is 10.4. The first-order chi connectivity index (χ1) is 7.49. The van der Waals surface area contributed by atoms with Crippen molar-refractivity contribution in [1.29, 1.82) is 0 Å². The van der Waals surface area contributed by atoms with Gasteiger partial charge in [0.05, 0.1) is 10.7 Å². The van der Waals surface area contributed by atoms with Gasteiger partial charge < -0.3 is 4.90 Å². The Kier molecular flexibility index (Phi) is 3.17. The van der Waals surface area contributed by atoms with E-state index in [1.807, 2.05) is 0 Å².